The summed E-state index contributed by atoms with van der Waals surface area (Å²) in [6, 6.07) is 25.5. The van der Waals surface area contributed by atoms with Crippen molar-refractivity contribution in [1.82, 2.24) is 9.97 Å². The van der Waals surface area contributed by atoms with Crippen molar-refractivity contribution in [2.24, 2.45) is 0 Å². The minimum Gasteiger partial charge on any atom is -0.446 e. The molecule has 18 nitrogen and oxygen atoms in total. The number of carbonyl (C=O) groups excluding carboxylic acids is 4. The van der Waals surface area contributed by atoms with Gasteiger partial charge < -0.3 is 29.5 Å². The number of nitrogens with zero attached hydrogens (tertiary/aromatic N) is 8. The average molecular weight is 941 g/mol. The van der Waals surface area contributed by atoms with Crippen LogP contribution < -0.4 is 35.0 Å². The van der Waals surface area contributed by atoms with Crippen molar-refractivity contribution in [1.29, 1.82) is 0 Å². The number of aliphatic hydroxyl groups is 2. The number of amides is 4. The minimum atomic E-state index is -1.16. The Morgan fingerprint density at radius 3 is 1.52 bits per heavy atom. The van der Waals surface area contributed by atoms with Crippen LogP contribution in [0.3, 0.4) is 0 Å². The molecule has 3 aromatic carbocycles. The fourth-order valence-electron chi connectivity index (χ4n) is 7.00. The molecule has 0 spiro atoms. The molecule has 0 saturated carbocycles. The number of aromatic nitrogens is 2. The predicted molar refractivity (Wildman–Crippen MR) is 261 cm³/mol. The van der Waals surface area contributed by atoms with E-state index in [-0.39, 0.29) is 29.4 Å². The van der Waals surface area contributed by atoms with Crippen LogP contribution in [0.2, 0.25) is 0 Å². The summed E-state index contributed by atoms with van der Waals surface area (Å²) in [6.45, 7) is 24.3. The number of thiocarbonyl (C=S) groups is 2. The molecule has 0 radical (unpaired) electrons. The highest BCUT2D eigenvalue weighted by atomic mass is 32.1. The fraction of sp³-hybridized carbons (Fsp3) is 0.234. The van der Waals surface area contributed by atoms with E-state index in [1.165, 1.54) is 28.3 Å². The molecule has 2 aliphatic heterocycles. The van der Waals surface area contributed by atoms with E-state index in [2.05, 4.69) is 30.3 Å². The normalized spacial score (nSPS) is 15.3. The molecule has 67 heavy (non-hydrogen) atoms. The number of ether oxygens (including phenoxy) is 2. The lowest BCUT2D eigenvalue weighted by Crippen LogP contribution is -2.44. The number of carbonyl (C=O) groups is 4. The maximum absolute atomic E-state index is 13.3. The van der Waals surface area contributed by atoms with Gasteiger partial charge in [0.25, 0.3) is 11.8 Å². The van der Waals surface area contributed by atoms with Crippen LogP contribution in [0.4, 0.5) is 55.3 Å². The highest BCUT2D eigenvalue weighted by molar-refractivity contribution is 7.81. The average Bonchev–Trinajstić information content (AvgIpc) is 3.60. The highest BCUT2D eigenvalue weighted by Crippen LogP contribution is 2.39. The lowest BCUT2D eigenvalue weighted by molar-refractivity contribution is -0.121. The quantitative estimate of drug-likeness (QED) is 0.0771. The van der Waals surface area contributed by atoms with Gasteiger partial charge in [-0.1, -0.05) is 30.3 Å². The largest absolute Gasteiger partial charge is 0.446 e. The molecule has 20 heteroatoms. The van der Waals surface area contributed by atoms with Crippen molar-refractivity contribution in [3.05, 3.63) is 137 Å². The molecule has 2 aromatic heterocycles. The van der Waals surface area contributed by atoms with E-state index < -0.39 is 36.0 Å². The van der Waals surface area contributed by atoms with Crippen LogP contribution in [0, 0.1) is 27.0 Å². The molecule has 4 heterocycles. The van der Waals surface area contributed by atoms with Crippen molar-refractivity contribution in [2.75, 3.05) is 43.4 Å². The molecule has 342 valence electrons. The first-order chi connectivity index (χ1) is 31.8. The topological polar surface area (TPSA) is 199 Å². The summed E-state index contributed by atoms with van der Waals surface area (Å²) in [5.41, 5.74) is 2.89. The first-order valence-corrected chi connectivity index (χ1v) is 21.2. The first-order valence-electron chi connectivity index (χ1n) is 20.3. The molecule has 4 N–H and O–H groups in total. The number of aliphatic hydroxyl groups excluding tert-OH is 2. The molecular formula is C47H44N10O8S2. The molecule has 2 fully saturated rings. The second-order valence-electron chi connectivity index (χ2n) is 16.0. The Kier molecular flexibility index (Phi) is 14.6. The van der Waals surface area contributed by atoms with Gasteiger partial charge in [0.15, 0.2) is 21.6 Å². The Labute approximate surface area is 397 Å². The van der Waals surface area contributed by atoms with Gasteiger partial charge in [-0.25, -0.2) is 29.2 Å². The third-order valence-electron chi connectivity index (χ3n) is 10.5. The number of benzene rings is 3. The summed E-state index contributed by atoms with van der Waals surface area (Å²) < 4.78 is 9.99. The predicted octanol–water partition coefficient (Wildman–Crippen LogP) is 8.23. The van der Waals surface area contributed by atoms with Gasteiger partial charge in [0.05, 0.1) is 43.5 Å². The van der Waals surface area contributed by atoms with E-state index in [4.69, 9.17) is 52.2 Å². The van der Waals surface area contributed by atoms with Gasteiger partial charge >= 0.3 is 12.2 Å². The standard InChI is InChI=1S/C25H21N5O3S.C22H23N5O5S/c1-16-14-17(10-12-20(16)26-4)29-22(31)25(2,3)30(24(29)34)18-11-13-21(27-15-18)28-23(32)33-19-8-6-5-7-9-19;1-13-9-14(5-7-17(13)23-4)26-19(30)22(2,3)27(21(26)33)15-6-8-18(24-10-15)25-20(31)32-12-16(29)11-28/h5-15H,1-3H3,(H,27,28,32);5-10,16,28-29H,11-12H2,1-3H3,(H,24,25,31). The lowest BCUT2D eigenvalue weighted by atomic mass is 10.0. The van der Waals surface area contributed by atoms with Crippen LogP contribution in [0.5, 0.6) is 5.75 Å². The molecule has 5 aromatic rings. The Bertz CT molecular complexity index is 2830. The number of para-hydroxylation sites is 1. The van der Waals surface area contributed by atoms with E-state index in [9.17, 15) is 24.3 Å². The molecule has 0 aliphatic carbocycles. The molecule has 2 aliphatic rings. The van der Waals surface area contributed by atoms with Gasteiger partial charge in [0.2, 0.25) is 0 Å². The van der Waals surface area contributed by atoms with Gasteiger partial charge in [-0.2, -0.15) is 0 Å². The molecule has 4 amide bonds. The maximum atomic E-state index is 13.3. The number of hydrogen-bond donors (Lipinski definition) is 4. The summed E-state index contributed by atoms with van der Waals surface area (Å²) in [7, 11) is 0. The highest BCUT2D eigenvalue weighted by Gasteiger charge is 2.51. The van der Waals surface area contributed by atoms with Crippen molar-refractivity contribution >= 4 is 104 Å². The van der Waals surface area contributed by atoms with Gasteiger partial charge in [-0.15, -0.1) is 0 Å². The number of anilines is 6. The zero-order valence-corrected chi connectivity index (χ0v) is 38.7. The van der Waals surface area contributed by atoms with E-state index in [0.717, 1.165) is 11.1 Å². The van der Waals surface area contributed by atoms with Crippen LogP contribution in [-0.2, 0) is 14.3 Å². The Morgan fingerprint density at radius 2 is 1.13 bits per heavy atom. The SMILES string of the molecule is [C-]#[N+]c1ccc(N2C(=O)C(C)(C)N(c3ccc(NC(=O)OCC(O)CO)nc3)C2=S)cc1C.[C-]#[N+]c1ccc(N2C(=O)C(C)(C)N(c3ccc(NC(=O)Oc4ccccc4)nc3)C2=S)cc1C. The molecule has 7 rings (SSSR count). The van der Waals surface area contributed by atoms with Crippen molar-refractivity contribution in [3.63, 3.8) is 0 Å². The Hall–Kier alpha value is -7.88. The van der Waals surface area contributed by atoms with Crippen molar-refractivity contribution in [2.45, 2.75) is 58.7 Å². The lowest BCUT2D eigenvalue weighted by Gasteiger charge is -2.29. The zero-order valence-electron chi connectivity index (χ0n) is 37.0. The first kappa shape index (κ1) is 48.6. The summed E-state index contributed by atoms with van der Waals surface area (Å²) in [5.74, 6) is 0.482. The van der Waals surface area contributed by atoms with Crippen LogP contribution in [-0.4, -0.2) is 84.8 Å². The Balaban J connectivity index is 0.000000221. The zero-order chi connectivity index (χ0) is 48.8. The van der Waals surface area contributed by atoms with E-state index in [0.29, 0.717) is 50.8 Å². The second kappa shape index (κ2) is 20.1. The monoisotopic (exact) mass is 940 g/mol. The summed E-state index contributed by atoms with van der Waals surface area (Å²) >= 11 is 11.3. The van der Waals surface area contributed by atoms with E-state index in [1.54, 1.807) is 123 Å². The van der Waals surface area contributed by atoms with Gasteiger partial charge in [-0.3, -0.25) is 30.0 Å². The van der Waals surface area contributed by atoms with Gasteiger partial charge in [0, 0.05) is 11.4 Å². The molecule has 1 unspecified atom stereocenters. The third kappa shape index (κ3) is 10.3. The Morgan fingerprint density at radius 1 is 0.701 bits per heavy atom. The third-order valence-corrected chi connectivity index (χ3v) is 11.2. The van der Waals surface area contributed by atoms with Crippen molar-refractivity contribution < 1.29 is 38.9 Å². The second-order valence-corrected chi connectivity index (χ2v) is 16.7. The van der Waals surface area contributed by atoms with Crippen LogP contribution in [0.1, 0.15) is 38.8 Å². The number of rotatable bonds is 10. The van der Waals surface area contributed by atoms with E-state index >= 15 is 0 Å². The van der Waals surface area contributed by atoms with Gasteiger partial charge in [0.1, 0.15) is 41.2 Å². The molecule has 2 saturated heterocycles. The van der Waals surface area contributed by atoms with Crippen LogP contribution in [0.15, 0.2) is 103 Å². The minimum absolute atomic E-state index is 0.193. The molecule has 0 bridgehead atoms. The van der Waals surface area contributed by atoms with E-state index in [1.807, 2.05) is 13.0 Å². The van der Waals surface area contributed by atoms with Crippen LogP contribution >= 0.6 is 24.4 Å². The summed E-state index contributed by atoms with van der Waals surface area (Å²) in [5, 5.41) is 23.5. The molecular weight excluding hydrogens is 897 g/mol. The van der Waals surface area contributed by atoms with Gasteiger partial charge in [-0.05, 0) is 138 Å². The molecule has 1 atom stereocenters. The smallest absolute Gasteiger partial charge is 0.418 e. The number of aryl methyl sites for hydroxylation is 2. The number of hydrogen-bond acceptors (Lipinski definition) is 12. The van der Waals surface area contributed by atoms with Crippen LogP contribution in [0.25, 0.3) is 9.69 Å². The fourth-order valence-corrected chi connectivity index (χ4v) is 8.04. The maximum Gasteiger partial charge on any atom is 0.418 e. The summed E-state index contributed by atoms with van der Waals surface area (Å²) in [4.78, 5) is 72.2. The summed E-state index contributed by atoms with van der Waals surface area (Å²) in [6.07, 6.45) is 0.348. The van der Waals surface area contributed by atoms with Crippen molar-refractivity contribution in [3.8, 4) is 5.75 Å². The number of nitrogens with one attached hydrogen (secondary N) is 2. The number of pyridine rings is 2.